The molecule has 1 fully saturated rings. The van der Waals surface area contributed by atoms with E-state index in [-0.39, 0.29) is 41.6 Å². The number of carbonyl (C=O) groups excluding carboxylic acids is 3. The van der Waals surface area contributed by atoms with E-state index in [0.717, 1.165) is 48.2 Å². The van der Waals surface area contributed by atoms with E-state index in [2.05, 4.69) is 48.3 Å². The van der Waals surface area contributed by atoms with Crippen LogP contribution in [0.25, 0.3) is 11.2 Å². The molecule has 1 aliphatic heterocycles. The molecule has 0 saturated carbocycles. The van der Waals surface area contributed by atoms with Crippen LogP contribution in [0.2, 0.25) is 0 Å². The highest BCUT2D eigenvalue weighted by atomic mass is 32.2. The summed E-state index contributed by atoms with van der Waals surface area (Å²) in [5, 5.41) is 26.7. The Morgan fingerprint density at radius 2 is 1.44 bits per heavy atom. The highest BCUT2D eigenvalue weighted by molar-refractivity contribution is 8.13. The number of thioether (sulfide) groups is 1. The first-order chi connectivity index (χ1) is 33.4. The third-order valence-corrected chi connectivity index (χ3v) is 15.9. The Hall–Kier alpha value is -2.44. The first-order valence-electron chi connectivity index (χ1n) is 24.5. The van der Waals surface area contributed by atoms with Crippen LogP contribution in [0.3, 0.4) is 0 Å². The first kappa shape index (κ1) is 62.9. The van der Waals surface area contributed by atoms with Crippen molar-refractivity contribution in [2.24, 2.45) is 11.3 Å². The minimum absolute atomic E-state index is 0.0341. The number of phosphoric acid groups is 3. The van der Waals surface area contributed by atoms with Crippen molar-refractivity contribution in [3.05, 3.63) is 12.7 Å². The number of rotatable bonds is 38. The largest absolute Gasteiger partial charge is 0.481 e. The van der Waals surface area contributed by atoms with Crippen molar-refractivity contribution in [1.82, 2.24) is 30.2 Å². The van der Waals surface area contributed by atoms with E-state index in [1.54, 1.807) is 0 Å². The van der Waals surface area contributed by atoms with Crippen molar-refractivity contribution in [1.29, 1.82) is 0 Å². The van der Waals surface area contributed by atoms with Gasteiger partial charge in [0.05, 0.1) is 19.5 Å². The summed E-state index contributed by atoms with van der Waals surface area (Å²) in [6.07, 6.45) is 15.3. The lowest BCUT2D eigenvalue weighted by atomic mass is 9.87. The van der Waals surface area contributed by atoms with Gasteiger partial charge in [-0.1, -0.05) is 142 Å². The highest BCUT2D eigenvalue weighted by Gasteiger charge is 2.50. The number of ether oxygens (including phenoxy) is 1. The van der Waals surface area contributed by atoms with Gasteiger partial charge in [-0.25, -0.2) is 28.6 Å². The van der Waals surface area contributed by atoms with Gasteiger partial charge in [0.15, 0.2) is 22.8 Å². The molecule has 28 heteroatoms. The number of aliphatic hydroxyl groups is 2. The quantitative estimate of drug-likeness (QED) is 0.0261. The van der Waals surface area contributed by atoms with E-state index in [9.17, 15) is 57.9 Å². The molecule has 408 valence electrons. The minimum atomic E-state index is -5.58. The maximum atomic E-state index is 12.8. The maximum Gasteiger partial charge on any atom is 0.481 e. The van der Waals surface area contributed by atoms with Crippen LogP contribution in [0.4, 0.5) is 5.82 Å². The van der Waals surface area contributed by atoms with Crippen LogP contribution in [0.5, 0.6) is 0 Å². The number of nitrogens with zero attached hydrogens (tertiary/aromatic N) is 4. The molecule has 24 nitrogen and oxygen atoms in total. The van der Waals surface area contributed by atoms with Crippen LogP contribution in [-0.4, -0.2) is 123 Å². The fourth-order valence-corrected chi connectivity index (χ4v) is 11.3. The number of aromatic nitrogens is 4. The Labute approximate surface area is 420 Å². The molecule has 0 radical (unpaired) electrons. The van der Waals surface area contributed by atoms with Gasteiger partial charge in [0, 0.05) is 37.1 Å². The molecule has 1 aliphatic rings. The fourth-order valence-electron chi connectivity index (χ4n) is 7.78. The molecule has 8 atom stereocenters. The molecule has 0 aliphatic carbocycles. The van der Waals surface area contributed by atoms with Crippen molar-refractivity contribution >= 4 is 69.1 Å². The van der Waals surface area contributed by atoms with Crippen molar-refractivity contribution < 1.29 is 80.5 Å². The van der Waals surface area contributed by atoms with E-state index in [1.165, 1.54) is 104 Å². The molecule has 2 aromatic heterocycles. The molecular formula is C43H78N7O17P3S. The zero-order valence-electron chi connectivity index (χ0n) is 41.4. The van der Waals surface area contributed by atoms with Gasteiger partial charge >= 0.3 is 23.5 Å². The maximum absolute atomic E-state index is 12.8. The Balaban J connectivity index is 1.27. The number of imidazole rings is 1. The van der Waals surface area contributed by atoms with E-state index in [1.807, 2.05) is 0 Å². The van der Waals surface area contributed by atoms with Gasteiger partial charge in [0.2, 0.25) is 11.8 Å². The number of phosphoric ester groups is 3. The SMILES string of the molecule is CCCCCCCCCCCCCCCC(C)CCCCC(=O)SCCNC(=O)CCNC(=O)C(O)C(C)(C)COP(=O)(O)OP(=O)(O)OCC1OC(n2cnc3c(N)ncnc32)C(O)C1OP(=O)(O)O. The van der Waals surface area contributed by atoms with Crippen LogP contribution in [0, 0.1) is 11.3 Å². The molecule has 3 heterocycles. The van der Waals surface area contributed by atoms with Gasteiger partial charge in [0.1, 0.15) is 36.3 Å². The summed E-state index contributed by atoms with van der Waals surface area (Å²) in [4.78, 5) is 88.7. The summed E-state index contributed by atoms with van der Waals surface area (Å²) in [6.45, 7) is 5.12. The van der Waals surface area contributed by atoms with Gasteiger partial charge in [-0.2, -0.15) is 4.31 Å². The van der Waals surface area contributed by atoms with Crippen LogP contribution in [-0.2, 0) is 50.7 Å². The van der Waals surface area contributed by atoms with E-state index >= 15 is 0 Å². The number of unbranched alkanes of at least 4 members (excludes halogenated alkanes) is 13. The number of nitrogens with two attached hydrogens (primary N) is 1. The molecular weight excluding hydrogens is 1010 g/mol. The first-order valence-corrected chi connectivity index (χ1v) is 30.0. The molecule has 71 heavy (non-hydrogen) atoms. The number of aliphatic hydroxyl groups excluding tert-OH is 2. The molecule has 10 N–H and O–H groups in total. The summed E-state index contributed by atoms with van der Waals surface area (Å²) in [5.41, 5.74) is 4.29. The molecule has 0 aromatic carbocycles. The third-order valence-electron chi connectivity index (χ3n) is 11.9. The van der Waals surface area contributed by atoms with Crippen LogP contribution < -0.4 is 16.4 Å². The Kier molecular flexibility index (Phi) is 27.8. The van der Waals surface area contributed by atoms with Crippen molar-refractivity contribution in [2.45, 2.75) is 180 Å². The van der Waals surface area contributed by atoms with Crippen molar-refractivity contribution in [2.75, 3.05) is 37.8 Å². The van der Waals surface area contributed by atoms with E-state index in [0.29, 0.717) is 18.1 Å². The summed E-state index contributed by atoms with van der Waals surface area (Å²) in [7, 11) is -16.4. The second-order valence-corrected chi connectivity index (χ2v) is 24.1. The van der Waals surface area contributed by atoms with Crippen LogP contribution >= 0.6 is 35.2 Å². The summed E-state index contributed by atoms with van der Waals surface area (Å²) < 4.78 is 62.5. The second kappa shape index (κ2) is 31.4. The third kappa shape index (κ3) is 24.2. The smallest absolute Gasteiger partial charge is 0.386 e. The van der Waals surface area contributed by atoms with Gasteiger partial charge in [-0.05, 0) is 12.3 Å². The average molecular weight is 1090 g/mol. The van der Waals surface area contributed by atoms with Crippen LogP contribution in [0.1, 0.15) is 156 Å². The van der Waals surface area contributed by atoms with Gasteiger partial charge in [-0.15, -0.1) is 0 Å². The standard InChI is InChI=1S/C43H78N7O17P3S/c1-5-6-7-8-9-10-11-12-13-14-15-16-17-20-31(2)21-18-19-22-34(52)71-26-25-45-33(51)23-24-46-41(55)38(54)43(3,4)28-64-70(61,62)67-69(59,60)63-27-32-37(66-68(56,57)58)36(53)42(65-32)50-30-49-35-39(44)47-29-48-40(35)50/h29-32,36-38,42,53-54H,5-28H2,1-4H3,(H,45,51)(H,46,55)(H,59,60)(H,61,62)(H2,44,47,48)(H2,56,57,58). The molecule has 2 aromatic rings. The predicted octanol–water partition coefficient (Wildman–Crippen LogP) is 6.34. The monoisotopic (exact) mass is 1090 g/mol. The lowest BCUT2D eigenvalue weighted by Crippen LogP contribution is -2.46. The second-order valence-electron chi connectivity index (χ2n) is 18.7. The number of nitrogens with one attached hydrogen (secondary N) is 2. The Bertz CT molecular complexity index is 2080. The topological polar surface area (TPSA) is 364 Å². The molecule has 8 unspecified atom stereocenters. The van der Waals surface area contributed by atoms with E-state index < -0.39 is 84.6 Å². The number of anilines is 1. The summed E-state index contributed by atoms with van der Waals surface area (Å²) in [6, 6.07) is 0. The van der Waals surface area contributed by atoms with Gasteiger partial charge in [-0.3, -0.25) is 32.5 Å². The number of hydrogen-bond donors (Lipinski definition) is 9. The van der Waals surface area contributed by atoms with E-state index in [4.69, 9.17) is 19.5 Å². The van der Waals surface area contributed by atoms with Gasteiger partial charge in [0.25, 0.3) is 0 Å². The lowest BCUT2D eigenvalue weighted by molar-refractivity contribution is -0.137. The molecule has 0 bridgehead atoms. The molecule has 2 amide bonds. The zero-order valence-corrected chi connectivity index (χ0v) is 44.9. The van der Waals surface area contributed by atoms with Crippen LogP contribution in [0.15, 0.2) is 12.7 Å². The number of hydrogen-bond acceptors (Lipinski definition) is 18. The Morgan fingerprint density at radius 3 is 2.06 bits per heavy atom. The molecule has 1 saturated heterocycles. The van der Waals surface area contributed by atoms with Crippen molar-refractivity contribution in [3.63, 3.8) is 0 Å². The zero-order chi connectivity index (χ0) is 52.7. The highest BCUT2D eigenvalue weighted by Crippen LogP contribution is 2.61. The van der Waals surface area contributed by atoms with Crippen molar-refractivity contribution in [3.8, 4) is 0 Å². The fraction of sp³-hybridized carbons (Fsp3) is 0.814. The normalized spacial score (nSPS) is 20.1. The summed E-state index contributed by atoms with van der Waals surface area (Å²) in [5.74, 6) is -0.371. The molecule has 0 spiro atoms. The number of fused-ring (bicyclic) bond motifs is 1. The molecule has 3 rings (SSSR count). The lowest BCUT2D eigenvalue weighted by Gasteiger charge is -2.30. The van der Waals surface area contributed by atoms with Gasteiger partial charge < -0.3 is 50.9 Å². The predicted molar refractivity (Wildman–Crippen MR) is 265 cm³/mol. The number of carbonyl (C=O) groups is 3. The summed E-state index contributed by atoms with van der Waals surface area (Å²) >= 11 is 1.16. The Morgan fingerprint density at radius 1 is 0.845 bits per heavy atom. The number of nitrogen functional groups attached to an aromatic ring is 1. The average Bonchev–Trinajstić information content (AvgIpc) is 3.86. The number of amides is 2. The minimum Gasteiger partial charge on any atom is -0.386 e.